The highest BCUT2D eigenvalue weighted by atomic mass is 15.0. The highest BCUT2D eigenvalue weighted by molar-refractivity contribution is 5.77. The van der Waals surface area contributed by atoms with Crippen LogP contribution in [-0.4, -0.2) is 15.0 Å². The minimum atomic E-state index is 0.556. The molecule has 0 atom stereocenters. The van der Waals surface area contributed by atoms with Gasteiger partial charge in [0, 0.05) is 16.7 Å². The summed E-state index contributed by atoms with van der Waals surface area (Å²) in [7, 11) is 0. The van der Waals surface area contributed by atoms with Gasteiger partial charge in [-0.1, -0.05) is 97.5 Å². The molecule has 3 heteroatoms. The third-order valence-corrected chi connectivity index (χ3v) is 5.44. The molecule has 4 rings (SSSR count). The van der Waals surface area contributed by atoms with E-state index < -0.39 is 0 Å². The third-order valence-electron chi connectivity index (χ3n) is 5.44. The first-order valence-electron chi connectivity index (χ1n) is 11.1. The van der Waals surface area contributed by atoms with Gasteiger partial charge in [0.2, 0.25) is 0 Å². The van der Waals surface area contributed by atoms with Gasteiger partial charge in [-0.25, -0.2) is 15.0 Å². The van der Waals surface area contributed by atoms with E-state index in [9.17, 15) is 0 Å². The average Bonchev–Trinajstić information content (AvgIpc) is 2.91. The molecule has 0 aliphatic heterocycles. The van der Waals surface area contributed by atoms with Gasteiger partial charge in [0.15, 0.2) is 17.5 Å². The van der Waals surface area contributed by atoms with Crippen LogP contribution in [0.15, 0.2) is 127 Å². The Balaban J connectivity index is 1.87. The highest BCUT2D eigenvalue weighted by Gasteiger charge is 2.14. The van der Waals surface area contributed by atoms with Gasteiger partial charge in [-0.3, -0.25) is 0 Å². The topological polar surface area (TPSA) is 38.7 Å². The smallest absolute Gasteiger partial charge is 0.172 e. The SMILES string of the molecule is C=C/C=C\C(=C)c1cccc(-c2nc(C3=C=C=C(/C(C)=C/C)C=C3)nc(-c3ccccc3)n2)c1. The zero-order chi connectivity index (χ0) is 23.9. The zero-order valence-electron chi connectivity index (χ0n) is 19.4. The molecule has 0 amide bonds. The quantitative estimate of drug-likeness (QED) is 0.282. The van der Waals surface area contributed by atoms with E-state index in [-0.39, 0.29) is 0 Å². The van der Waals surface area contributed by atoms with Gasteiger partial charge in [0.05, 0.1) is 5.57 Å². The minimum absolute atomic E-state index is 0.556. The van der Waals surface area contributed by atoms with E-state index >= 15 is 0 Å². The summed E-state index contributed by atoms with van der Waals surface area (Å²) in [5.41, 5.74) is 13.1. The second-order valence-corrected chi connectivity index (χ2v) is 7.76. The fraction of sp³-hybridized carbons (Fsp3) is 0.0645. The van der Waals surface area contributed by atoms with Crippen molar-refractivity contribution in [1.82, 2.24) is 15.0 Å². The maximum absolute atomic E-state index is 4.80. The molecule has 1 aliphatic rings. The van der Waals surface area contributed by atoms with Gasteiger partial charge in [-0.15, -0.1) is 0 Å². The molecule has 0 bridgehead atoms. The molecule has 0 fully saturated rings. The van der Waals surface area contributed by atoms with Crippen molar-refractivity contribution in [3.8, 4) is 22.8 Å². The fourth-order valence-electron chi connectivity index (χ4n) is 3.38. The third kappa shape index (κ3) is 5.09. The number of aromatic nitrogens is 3. The molecule has 164 valence electrons. The summed E-state index contributed by atoms with van der Waals surface area (Å²) < 4.78 is 0. The van der Waals surface area contributed by atoms with Crippen LogP contribution in [0, 0.1) is 0 Å². The summed E-state index contributed by atoms with van der Waals surface area (Å²) in [5, 5.41) is 0. The van der Waals surface area contributed by atoms with Gasteiger partial charge < -0.3 is 0 Å². The van der Waals surface area contributed by atoms with Crippen molar-refractivity contribution < 1.29 is 0 Å². The second-order valence-electron chi connectivity index (χ2n) is 7.76. The normalized spacial score (nSPS) is 13.1. The molecule has 0 saturated heterocycles. The first kappa shape index (κ1) is 22.6. The molecule has 0 saturated carbocycles. The van der Waals surface area contributed by atoms with Crippen LogP contribution in [0.5, 0.6) is 0 Å². The van der Waals surface area contributed by atoms with E-state index in [1.54, 1.807) is 6.08 Å². The lowest BCUT2D eigenvalue weighted by molar-refractivity contribution is 1.04. The van der Waals surface area contributed by atoms with Crippen LogP contribution in [-0.2, 0) is 0 Å². The van der Waals surface area contributed by atoms with Gasteiger partial charge in [0.25, 0.3) is 0 Å². The summed E-state index contributed by atoms with van der Waals surface area (Å²) in [6.45, 7) is 11.9. The lowest BCUT2D eigenvalue weighted by atomic mass is 10.0. The molecular weight excluding hydrogens is 414 g/mol. The lowest BCUT2D eigenvalue weighted by Gasteiger charge is -2.10. The van der Waals surface area contributed by atoms with E-state index in [4.69, 9.17) is 15.0 Å². The Bertz CT molecular complexity index is 1450. The van der Waals surface area contributed by atoms with Crippen molar-refractivity contribution in [3.63, 3.8) is 0 Å². The molecule has 0 N–H and O–H groups in total. The fourth-order valence-corrected chi connectivity index (χ4v) is 3.38. The average molecular weight is 440 g/mol. The van der Waals surface area contributed by atoms with Crippen molar-refractivity contribution >= 4 is 11.1 Å². The predicted octanol–water partition coefficient (Wildman–Crippen LogP) is 7.56. The highest BCUT2D eigenvalue weighted by Crippen LogP contribution is 2.26. The predicted molar refractivity (Wildman–Crippen MR) is 142 cm³/mol. The molecule has 34 heavy (non-hydrogen) atoms. The maximum atomic E-state index is 4.80. The van der Waals surface area contributed by atoms with E-state index in [1.807, 2.05) is 85.8 Å². The van der Waals surface area contributed by atoms with E-state index in [2.05, 4.69) is 37.6 Å². The summed E-state index contributed by atoms with van der Waals surface area (Å²) in [5.74, 6) is 1.76. The Morgan fingerprint density at radius 3 is 2.24 bits per heavy atom. The number of rotatable bonds is 7. The largest absolute Gasteiger partial charge is 0.208 e. The molecule has 1 heterocycles. The molecule has 3 nitrogen and oxygen atoms in total. The zero-order valence-corrected chi connectivity index (χ0v) is 19.4. The maximum Gasteiger partial charge on any atom is 0.172 e. The summed E-state index contributed by atoms with van der Waals surface area (Å²) in [6.07, 6.45) is 11.6. The summed E-state index contributed by atoms with van der Waals surface area (Å²) >= 11 is 0. The molecule has 0 radical (unpaired) electrons. The number of hydrogen-bond donors (Lipinski definition) is 0. The number of hydrogen-bond acceptors (Lipinski definition) is 3. The van der Waals surface area contributed by atoms with Crippen LogP contribution >= 0.6 is 0 Å². The van der Waals surface area contributed by atoms with Crippen molar-refractivity contribution in [2.75, 3.05) is 0 Å². The Kier molecular flexibility index (Phi) is 6.91. The van der Waals surface area contributed by atoms with Crippen LogP contribution in [0.1, 0.15) is 25.2 Å². The minimum Gasteiger partial charge on any atom is -0.208 e. The van der Waals surface area contributed by atoms with Crippen LogP contribution in [0.3, 0.4) is 0 Å². The van der Waals surface area contributed by atoms with E-state index in [1.165, 1.54) is 0 Å². The molecule has 3 aromatic rings. The first-order valence-corrected chi connectivity index (χ1v) is 11.1. The van der Waals surface area contributed by atoms with Crippen molar-refractivity contribution in [2.24, 2.45) is 0 Å². The van der Waals surface area contributed by atoms with Crippen molar-refractivity contribution in [1.29, 1.82) is 0 Å². The van der Waals surface area contributed by atoms with Gasteiger partial charge in [-0.05, 0) is 48.8 Å². The van der Waals surface area contributed by atoms with Gasteiger partial charge >= 0.3 is 0 Å². The number of allylic oxidation sites excluding steroid dienone is 10. The Hall–Kier alpha value is -4.55. The molecule has 1 aromatic heterocycles. The summed E-state index contributed by atoms with van der Waals surface area (Å²) in [6, 6.07) is 18.0. The number of nitrogens with zero attached hydrogens (tertiary/aromatic N) is 3. The van der Waals surface area contributed by atoms with Crippen molar-refractivity contribution in [3.05, 3.63) is 138 Å². The van der Waals surface area contributed by atoms with Crippen LogP contribution in [0.2, 0.25) is 0 Å². The Morgan fingerprint density at radius 1 is 0.853 bits per heavy atom. The molecule has 1 aliphatic carbocycles. The second kappa shape index (κ2) is 10.4. The molecule has 0 spiro atoms. The first-order chi connectivity index (χ1) is 16.6. The Morgan fingerprint density at radius 2 is 1.56 bits per heavy atom. The molecule has 2 aromatic carbocycles. The monoisotopic (exact) mass is 439 g/mol. The van der Waals surface area contributed by atoms with E-state index in [0.29, 0.717) is 17.5 Å². The molecular formula is C31H25N3. The lowest BCUT2D eigenvalue weighted by Crippen LogP contribution is -2.02. The van der Waals surface area contributed by atoms with E-state index in [0.717, 1.165) is 39.0 Å². The van der Waals surface area contributed by atoms with Gasteiger partial charge in [0.1, 0.15) is 0 Å². The van der Waals surface area contributed by atoms with Crippen molar-refractivity contribution in [2.45, 2.75) is 13.8 Å². The number of benzene rings is 2. The molecule has 0 unspecified atom stereocenters. The standard InChI is InChI=1S/C31H25N3/c1-5-7-12-23(4)27-15-11-16-28(21-27)31-33-29(25-13-9-8-10-14-25)32-30(34-31)26-19-17-24(18-20-26)22(3)6-2/h5-17,19,21H,1,4H2,2-3H3/b12-7-,22-6+. The van der Waals surface area contributed by atoms with Gasteiger partial charge in [-0.2, -0.15) is 0 Å². The summed E-state index contributed by atoms with van der Waals surface area (Å²) in [4.78, 5) is 14.4. The Labute approximate surface area is 201 Å². The van der Waals surface area contributed by atoms with Crippen LogP contribution in [0.25, 0.3) is 33.9 Å². The van der Waals surface area contributed by atoms with Crippen LogP contribution < -0.4 is 0 Å². The van der Waals surface area contributed by atoms with Crippen LogP contribution in [0.4, 0.5) is 0 Å².